The second-order valence-electron chi connectivity index (χ2n) is 4.78. The molecule has 0 fully saturated rings. The van der Waals surface area contributed by atoms with Crippen LogP contribution in [0.1, 0.15) is 5.56 Å². The first-order chi connectivity index (χ1) is 9.78. The van der Waals surface area contributed by atoms with E-state index < -0.39 is 0 Å². The van der Waals surface area contributed by atoms with Crippen molar-refractivity contribution in [3.63, 3.8) is 0 Å². The summed E-state index contributed by atoms with van der Waals surface area (Å²) in [5, 5.41) is 3.39. The molecule has 1 aliphatic heterocycles. The molecule has 2 aromatic rings. The van der Waals surface area contributed by atoms with E-state index in [1.165, 1.54) is 6.07 Å². The van der Waals surface area contributed by atoms with E-state index >= 15 is 0 Å². The Morgan fingerprint density at radius 2 is 2.00 bits per heavy atom. The van der Waals surface area contributed by atoms with Gasteiger partial charge in [-0.1, -0.05) is 18.2 Å². The maximum absolute atomic E-state index is 13.7. The first-order valence-corrected chi connectivity index (χ1v) is 6.57. The number of hydrogen-bond donors (Lipinski definition) is 1. The highest BCUT2D eigenvalue weighted by Crippen LogP contribution is 2.35. The third kappa shape index (κ3) is 2.41. The Balaban J connectivity index is 1.83. The van der Waals surface area contributed by atoms with Crippen molar-refractivity contribution in [1.82, 2.24) is 0 Å². The van der Waals surface area contributed by atoms with E-state index in [1.54, 1.807) is 13.2 Å². The summed E-state index contributed by atoms with van der Waals surface area (Å²) < 4.78 is 24.6. The van der Waals surface area contributed by atoms with E-state index in [2.05, 4.69) is 5.32 Å². The fraction of sp³-hybridized carbons (Fsp3) is 0.250. The van der Waals surface area contributed by atoms with E-state index in [9.17, 15) is 4.39 Å². The Bertz CT molecular complexity index is 601. The molecule has 1 aliphatic rings. The third-order valence-electron chi connectivity index (χ3n) is 3.41. The Morgan fingerprint density at radius 3 is 2.75 bits per heavy atom. The normalized spacial score (nSPS) is 17.0. The summed E-state index contributed by atoms with van der Waals surface area (Å²) >= 11 is 0. The predicted molar refractivity (Wildman–Crippen MR) is 76.0 cm³/mol. The highest BCUT2D eigenvalue weighted by Gasteiger charge is 2.25. The lowest BCUT2D eigenvalue weighted by molar-refractivity contribution is 0.254. The van der Waals surface area contributed by atoms with Gasteiger partial charge in [-0.3, -0.25) is 0 Å². The summed E-state index contributed by atoms with van der Waals surface area (Å²) in [4.78, 5) is 0. The molecule has 0 radical (unpaired) electrons. The van der Waals surface area contributed by atoms with Crippen LogP contribution >= 0.6 is 0 Å². The van der Waals surface area contributed by atoms with Gasteiger partial charge in [0, 0.05) is 17.7 Å². The quantitative estimate of drug-likeness (QED) is 0.931. The van der Waals surface area contributed by atoms with Gasteiger partial charge in [0.15, 0.2) is 11.6 Å². The van der Waals surface area contributed by atoms with Gasteiger partial charge >= 0.3 is 0 Å². The number of anilines is 1. The summed E-state index contributed by atoms with van der Waals surface area (Å²) in [6, 6.07) is 13.0. The Kier molecular flexibility index (Phi) is 3.46. The van der Waals surface area contributed by atoms with Crippen molar-refractivity contribution in [2.45, 2.75) is 12.5 Å². The van der Waals surface area contributed by atoms with Crippen molar-refractivity contribution < 1.29 is 13.9 Å². The summed E-state index contributed by atoms with van der Waals surface area (Å²) in [7, 11) is 1.59. The fourth-order valence-corrected chi connectivity index (χ4v) is 2.47. The van der Waals surface area contributed by atoms with Gasteiger partial charge in [-0.2, -0.15) is 0 Å². The molecular weight excluding hydrogens is 257 g/mol. The van der Waals surface area contributed by atoms with E-state index in [1.807, 2.05) is 30.3 Å². The van der Waals surface area contributed by atoms with Crippen molar-refractivity contribution in [3.05, 3.63) is 53.8 Å². The van der Waals surface area contributed by atoms with Crippen molar-refractivity contribution >= 4 is 5.69 Å². The number of ether oxygens (including phenoxy) is 2. The fourth-order valence-electron chi connectivity index (χ4n) is 2.47. The van der Waals surface area contributed by atoms with Crippen LogP contribution < -0.4 is 14.8 Å². The van der Waals surface area contributed by atoms with E-state index in [-0.39, 0.29) is 11.9 Å². The molecule has 1 N–H and O–H groups in total. The largest absolute Gasteiger partial charge is 0.496 e. The number of rotatable bonds is 3. The van der Waals surface area contributed by atoms with Gasteiger partial charge < -0.3 is 14.8 Å². The number of fused-ring (bicyclic) bond motifs is 1. The Morgan fingerprint density at radius 1 is 1.20 bits per heavy atom. The van der Waals surface area contributed by atoms with Crippen molar-refractivity contribution in [2.75, 3.05) is 19.0 Å². The molecule has 104 valence electrons. The van der Waals surface area contributed by atoms with Crippen LogP contribution in [0.25, 0.3) is 0 Å². The minimum atomic E-state index is -0.334. The molecule has 0 saturated heterocycles. The number of halogens is 1. The first-order valence-electron chi connectivity index (χ1n) is 6.57. The molecule has 0 saturated carbocycles. The van der Waals surface area contributed by atoms with Crippen molar-refractivity contribution in [3.8, 4) is 11.5 Å². The summed E-state index contributed by atoms with van der Waals surface area (Å²) in [6.45, 7) is 0.436. The minimum Gasteiger partial charge on any atom is -0.496 e. The minimum absolute atomic E-state index is 0.0978. The monoisotopic (exact) mass is 273 g/mol. The van der Waals surface area contributed by atoms with Gasteiger partial charge in [-0.05, 0) is 24.3 Å². The molecule has 0 bridgehead atoms. The molecule has 0 aliphatic carbocycles. The first kappa shape index (κ1) is 12.8. The lowest BCUT2D eigenvalue weighted by atomic mass is 10.0. The molecule has 0 spiro atoms. The average Bonchev–Trinajstić information content (AvgIpc) is 2.49. The van der Waals surface area contributed by atoms with E-state index in [4.69, 9.17) is 9.47 Å². The highest BCUT2D eigenvalue weighted by atomic mass is 19.1. The molecule has 20 heavy (non-hydrogen) atoms. The summed E-state index contributed by atoms with van der Waals surface area (Å²) in [5.74, 6) is 0.649. The van der Waals surface area contributed by atoms with Gasteiger partial charge in [0.25, 0.3) is 0 Å². The lowest BCUT2D eigenvalue weighted by Crippen LogP contribution is -2.33. The zero-order valence-electron chi connectivity index (χ0n) is 11.2. The molecule has 0 aromatic heterocycles. The molecular formula is C16H16FNO2. The Hall–Kier alpha value is -2.23. The smallest absolute Gasteiger partial charge is 0.165 e. The maximum atomic E-state index is 13.7. The molecule has 2 aromatic carbocycles. The molecule has 1 heterocycles. The summed E-state index contributed by atoms with van der Waals surface area (Å²) in [6.07, 6.45) is 0.672. The van der Waals surface area contributed by atoms with Crippen molar-refractivity contribution in [2.24, 2.45) is 0 Å². The van der Waals surface area contributed by atoms with Gasteiger partial charge in [0.05, 0.1) is 13.2 Å². The topological polar surface area (TPSA) is 30.5 Å². The van der Waals surface area contributed by atoms with Crippen LogP contribution in [0.5, 0.6) is 11.5 Å². The van der Waals surface area contributed by atoms with Gasteiger partial charge in [-0.15, -0.1) is 0 Å². The summed E-state index contributed by atoms with van der Waals surface area (Å²) in [5.41, 5.74) is 1.81. The zero-order chi connectivity index (χ0) is 13.9. The van der Waals surface area contributed by atoms with Gasteiger partial charge in [0.1, 0.15) is 12.4 Å². The van der Waals surface area contributed by atoms with Crippen LogP contribution in [0.15, 0.2) is 42.5 Å². The standard InChI is InChI=1S/C16H16FNO2/c1-19-15-8-7-14(17)16-13(15)9-12(10-20-16)18-11-5-3-2-4-6-11/h2-8,12,18H,9-10H2,1H3/t12-/m1/s1. The lowest BCUT2D eigenvalue weighted by Gasteiger charge is -2.28. The second-order valence-corrected chi connectivity index (χ2v) is 4.78. The molecule has 3 rings (SSSR count). The highest BCUT2D eigenvalue weighted by molar-refractivity contribution is 5.50. The number of hydrogen-bond acceptors (Lipinski definition) is 3. The molecule has 0 unspecified atom stereocenters. The molecule has 0 amide bonds. The van der Waals surface area contributed by atoms with Crippen LogP contribution in [-0.4, -0.2) is 19.8 Å². The molecule has 3 nitrogen and oxygen atoms in total. The Labute approximate surface area is 117 Å². The average molecular weight is 273 g/mol. The second kappa shape index (κ2) is 5.41. The zero-order valence-corrected chi connectivity index (χ0v) is 11.2. The van der Waals surface area contributed by atoms with Crippen LogP contribution in [0.4, 0.5) is 10.1 Å². The van der Waals surface area contributed by atoms with E-state index in [0.29, 0.717) is 24.5 Å². The molecule has 4 heteroatoms. The third-order valence-corrected chi connectivity index (χ3v) is 3.41. The van der Waals surface area contributed by atoms with Crippen LogP contribution in [0.2, 0.25) is 0 Å². The van der Waals surface area contributed by atoms with Crippen LogP contribution in [0.3, 0.4) is 0 Å². The van der Waals surface area contributed by atoms with Gasteiger partial charge in [-0.25, -0.2) is 4.39 Å². The number of nitrogens with one attached hydrogen (secondary N) is 1. The SMILES string of the molecule is COc1ccc(F)c2c1C[C@@H](Nc1ccccc1)CO2. The van der Waals surface area contributed by atoms with Crippen molar-refractivity contribution in [1.29, 1.82) is 0 Å². The number of methoxy groups -OCH3 is 1. The number of benzene rings is 2. The van der Waals surface area contributed by atoms with Crippen LogP contribution in [0, 0.1) is 5.82 Å². The molecule has 1 atom stereocenters. The van der Waals surface area contributed by atoms with Gasteiger partial charge in [0.2, 0.25) is 0 Å². The van der Waals surface area contributed by atoms with E-state index in [0.717, 1.165) is 11.3 Å². The number of para-hydroxylation sites is 1. The maximum Gasteiger partial charge on any atom is 0.165 e. The predicted octanol–water partition coefficient (Wildman–Crippen LogP) is 3.25. The van der Waals surface area contributed by atoms with Crippen LogP contribution in [-0.2, 0) is 6.42 Å².